The average molecular weight is 611 g/mol. The average Bonchev–Trinajstić information content (AvgIpc) is 3.90. The highest BCUT2D eigenvalue weighted by molar-refractivity contribution is 6.04. The van der Waals surface area contributed by atoms with Crippen molar-refractivity contribution in [1.29, 1.82) is 0 Å². The highest BCUT2D eigenvalue weighted by Crippen LogP contribution is 2.33. The van der Waals surface area contributed by atoms with Crippen LogP contribution in [0.15, 0.2) is 60.7 Å². The van der Waals surface area contributed by atoms with E-state index in [1.165, 1.54) is 0 Å². The molecule has 5 N–H and O–H groups in total. The van der Waals surface area contributed by atoms with Crippen LogP contribution in [-0.4, -0.2) is 65.8 Å². The van der Waals surface area contributed by atoms with Crippen molar-refractivity contribution in [3.05, 3.63) is 88.5 Å². The topological polar surface area (TPSA) is 146 Å². The molecule has 0 saturated heterocycles. The molecule has 0 aromatic heterocycles. The van der Waals surface area contributed by atoms with Gasteiger partial charge in [0.25, 0.3) is 17.7 Å². The van der Waals surface area contributed by atoms with Gasteiger partial charge in [0.05, 0.1) is 5.69 Å². The molecule has 11 nitrogen and oxygen atoms in total. The fourth-order valence-electron chi connectivity index (χ4n) is 5.67. The predicted molar refractivity (Wildman–Crippen MR) is 170 cm³/mol. The summed E-state index contributed by atoms with van der Waals surface area (Å²) >= 11 is 0. The van der Waals surface area contributed by atoms with Crippen molar-refractivity contribution >= 4 is 35.1 Å². The fourth-order valence-corrected chi connectivity index (χ4v) is 5.67. The molecular weight excluding hydrogens is 572 g/mol. The smallest absolute Gasteiger partial charge is 0.317 e. The summed E-state index contributed by atoms with van der Waals surface area (Å²) in [7, 11) is 0. The van der Waals surface area contributed by atoms with Crippen LogP contribution >= 0.6 is 0 Å². The van der Waals surface area contributed by atoms with Gasteiger partial charge in [-0.1, -0.05) is 18.2 Å². The lowest BCUT2D eigenvalue weighted by Crippen LogP contribution is -2.43. The van der Waals surface area contributed by atoms with Crippen molar-refractivity contribution in [1.82, 2.24) is 15.1 Å². The summed E-state index contributed by atoms with van der Waals surface area (Å²) in [5.41, 5.74) is 10.9. The summed E-state index contributed by atoms with van der Waals surface area (Å²) < 4.78 is 5.50. The predicted octanol–water partition coefficient (Wildman–Crippen LogP) is 3.88. The minimum Gasteiger partial charge on any atom is -0.482 e. The maximum absolute atomic E-state index is 13.5. The number of nitrogens with zero attached hydrogens (tertiary/aromatic N) is 2. The molecule has 3 aromatic rings. The Labute approximate surface area is 262 Å². The molecule has 6 rings (SSSR count). The molecule has 0 unspecified atom stereocenters. The third kappa shape index (κ3) is 7.26. The van der Waals surface area contributed by atoms with E-state index in [0.29, 0.717) is 61.0 Å². The Kier molecular flexibility index (Phi) is 8.97. The van der Waals surface area contributed by atoms with Crippen LogP contribution in [0.5, 0.6) is 5.75 Å². The monoisotopic (exact) mass is 610 g/mol. The lowest BCUT2D eigenvalue weighted by atomic mass is 9.99. The Hall–Kier alpha value is -4.90. The minimum atomic E-state index is -0.218. The molecule has 5 amide bonds. The number of rotatable bonds is 10. The number of nitrogens with two attached hydrogens (primary N) is 1. The largest absolute Gasteiger partial charge is 0.482 e. The fraction of sp³-hybridized carbons (Fsp3) is 0.353. The molecule has 2 heterocycles. The van der Waals surface area contributed by atoms with E-state index in [-0.39, 0.29) is 36.4 Å². The zero-order valence-corrected chi connectivity index (χ0v) is 25.1. The minimum absolute atomic E-state index is 0.0624. The summed E-state index contributed by atoms with van der Waals surface area (Å²) in [6.45, 7) is 2.75. The quantitative estimate of drug-likeness (QED) is 0.256. The van der Waals surface area contributed by atoms with Gasteiger partial charge in [-0.05, 0) is 97.8 Å². The molecular formula is C34H38N6O5. The van der Waals surface area contributed by atoms with Crippen LogP contribution in [-0.2, 0) is 24.3 Å². The van der Waals surface area contributed by atoms with Crippen LogP contribution in [0.2, 0.25) is 0 Å². The first kappa shape index (κ1) is 30.1. The molecule has 0 atom stereocenters. The molecule has 1 aliphatic carbocycles. The van der Waals surface area contributed by atoms with Gasteiger partial charge in [-0.2, -0.15) is 0 Å². The molecule has 3 aromatic carbocycles. The number of fused-ring (bicyclic) bond motifs is 2. The van der Waals surface area contributed by atoms with Crippen molar-refractivity contribution < 1.29 is 23.9 Å². The SMILES string of the molecule is NCCCCNC(=O)N1CCc2cc(NC(=O)c3ccc(CN(C(=O)c4ccc5c(c4)OCC(=O)N5)C4CC4)cc3)ccc2C1. The first-order valence-corrected chi connectivity index (χ1v) is 15.5. The van der Waals surface area contributed by atoms with Crippen molar-refractivity contribution in [2.45, 2.75) is 51.2 Å². The molecule has 0 spiro atoms. The maximum atomic E-state index is 13.5. The van der Waals surface area contributed by atoms with Gasteiger partial charge in [0.2, 0.25) is 0 Å². The number of unbranched alkanes of at least 4 members (excludes halogenated alkanes) is 1. The number of benzene rings is 3. The molecule has 45 heavy (non-hydrogen) atoms. The second kappa shape index (κ2) is 13.4. The van der Waals surface area contributed by atoms with Gasteiger partial charge < -0.3 is 36.2 Å². The number of anilines is 2. The summed E-state index contributed by atoms with van der Waals surface area (Å²) in [5.74, 6) is -0.0389. The second-order valence-corrected chi connectivity index (χ2v) is 11.7. The van der Waals surface area contributed by atoms with Crippen LogP contribution in [0.3, 0.4) is 0 Å². The van der Waals surface area contributed by atoms with E-state index < -0.39 is 0 Å². The second-order valence-electron chi connectivity index (χ2n) is 11.7. The van der Waals surface area contributed by atoms with E-state index in [9.17, 15) is 19.2 Å². The van der Waals surface area contributed by atoms with E-state index in [1.54, 1.807) is 30.3 Å². The number of hydrogen-bond donors (Lipinski definition) is 4. The highest BCUT2D eigenvalue weighted by Gasteiger charge is 2.33. The van der Waals surface area contributed by atoms with Gasteiger partial charge in [-0.15, -0.1) is 0 Å². The zero-order chi connectivity index (χ0) is 31.3. The Morgan fingerprint density at radius 1 is 0.978 bits per heavy atom. The molecule has 0 radical (unpaired) electrons. The van der Waals surface area contributed by atoms with Crippen LogP contribution in [0.1, 0.15) is 63.1 Å². The lowest BCUT2D eigenvalue weighted by molar-refractivity contribution is -0.118. The van der Waals surface area contributed by atoms with Crippen LogP contribution in [0.25, 0.3) is 0 Å². The summed E-state index contributed by atoms with van der Waals surface area (Å²) in [6, 6.07) is 18.3. The van der Waals surface area contributed by atoms with Crippen molar-refractivity contribution in [2.75, 3.05) is 36.9 Å². The van der Waals surface area contributed by atoms with Crippen molar-refractivity contribution in [3.8, 4) is 5.75 Å². The van der Waals surface area contributed by atoms with Crippen LogP contribution < -0.4 is 26.4 Å². The van der Waals surface area contributed by atoms with Gasteiger partial charge in [0.1, 0.15) is 5.75 Å². The molecule has 1 fully saturated rings. The first-order valence-electron chi connectivity index (χ1n) is 15.5. The number of carbonyl (C=O) groups excluding carboxylic acids is 4. The standard InChI is InChI=1S/C34H38N6O5/c35-14-1-2-15-36-34(44)39-16-13-24-17-27(9-7-26(24)20-39)37-32(42)23-5-3-22(4-6-23)19-40(28-10-11-28)33(43)25-8-12-29-30(18-25)45-21-31(41)38-29/h3-9,12,17-18,28H,1-2,10-11,13-16,19-21,35H2,(H,36,44)(H,37,42)(H,38,41). The zero-order valence-electron chi connectivity index (χ0n) is 25.1. The first-order chi connectivity index (χ1) is 21.9. The van der Waals surface area contributed by atoms with Gasteiger partial charge in [0, 0.05) is 49.0 Å². The van der Waals surface area contributed by atoms with E-state index in [4.69, 9.17) is 10.5 Å². The Balaban J connectivity index is 1.04. The number of carbonyl (C=O) groups is 4. The third-order valence-electron chi connectivity index (χ3n) is 8.35. The summed E-state index contributed by atoms with van der Waals surface area (Å²) in [5, 5.41) is 8.70. The van der Waals surface area contributed by atoms with E-state index in [0.717, 1.165) is 48.8 Å². The summed E-state index contributed by atoms with van der Waals surface area (Å²) in [4.78, 5) is 54.3. The normalized spacial score (nSPS) is 15.2. The van der Waals surface area contributed by atoms with Gasteiger partial charge in [-0.3, -0.25) is 14.4 Å². The third-order valence-corrected chi connectivity index (χ3v) is 8.35. The molecule has 0 bridgehead atoms. The number of urea groups is 1. The van der Waals surface area contributed by atoms with Crippen molar-refractivity contribution in [3.63, 3.8) is 0 Å². The molecule has 3 aliphatic rings. The van der Waals surface area contributed by atoms with E-state index in [1.807, 2.05) is 40.1 Å². The molecule has 11 heteroatoms. The Bertz CT molecular complexity index is 1600. The molecule has 2 aliphatic heterocycles. The van der Waals surface area contributed by atoms with Crippen LogP contribution in [0, 0.1) is 0 Å². The van der Waals surface area contributed by atoms with Gasteiger partial charge >= 0.3 is 6.03 Å². The van der Waals surface area contributed by atoms with Gasteiger partial charge in [-0.25, -0.2) is 4.79 Å². The molecule has 1 saturated carbocycles. The highest BCUT2D eigenvalue weighted by atomic mass is 16.5. The number of ether oxygens (including phenoxy) is 1. The van der Waals surface area contributed by atoms with Crippen molar-refractivity contribution in [2.24, 2.45) is 5.73 Å². The molecule has 234 valence electrons. The van der Waals surface area contributed by atoms with E-state index >= 15 is 0 Å². The maximum Gasteiger partial charge on any atom is 0.317 e. The Morgan fingerprint density at radius 2 is 1.78 bits per heavy atom. The van der Waals surface area contributed by atoms with E-state index in [2.05, 4.69) is 16.0 Å². The number of nitrogens with one attached hydrogen (secondary N) is 3. The number of amides is 5. The lowest BCUT2D eigenvalue weighted by Gasteiger charge is -2.29. The number of hydrogen-bond acceptors (Lipinski definition) is 6. The van der Waals surface area contributed by atoms with Gasteiger partial charge in [0.15, 0.2) is 6.61 Å². The Morgan fingerprint density at radius 3 is 2.56 bits per heavy atom. The van der Waals surface area contributed by atoms with Crippen LogP contribution in [0.4, 0.5) is 16.2 Å². The summed E-state index contributed by atoms with van der Waals surface area (Å²) in [6.07, 6.45) is 4.37.